The van der Waals surface area contributed by atoms with Gasteiger partial charge in [-0.15, -0.1) is 0 Å². The van der Waals surface area contributed by atoms with Crippen LogP contribution >= 0.6 is 0 Å². The van der Waals surface area contributed by atoms with Crippen LogP contribution < -0.4 is 10.5 Å². The van der Waals surface area contributed by atoms with Gasteiger partial charge in [-0.1, -0.05) is 23.7 Å². The van der Waals surface area contributed by atoms with Crippen molar-refractivity contribution in [3.8, 4) is 5.75 Å². The van der Waals surface area contributed by atoms with Crippen molar-refractivity contribution in [3.63, 3.8) is 0 Å². The number of amidine groups is 1. The number of rotatable bonds is 5. The van der Waals surface area contributed by atoms with Crippen LogP contribution in [0.4, 0.5) is 0 Å². The highest BCUT2D eigenvalue weighted by molar-refractivity contribution is 5.82. The van der Waals surface area contributed by atoms with E-state index < -0.39 is 0 Å². The van der Waals surface area contributed by atoms with Crippen molar-refractivity contribution in [2.24, 2.45) is 16.8 Å². The Balaban J connectivity index is 1.84. The van der Waals surface area contributed by atoms with E-state index in [-0.39, 0.29) is 5.84 Å². The van der Waals surface area contributed by atoms with Crippen LogP contribution in [0.15, 0.2) is 29.4 Å². The molecule has 1 aromatic rings. The molecule has 3 N–H and O–H groups in total. The number of hydrogen-bond acceptors (Lipinski definition) is 3. The van der Waals surface area contributed by atoms with E-state index in [9.17, 15) is 0 Å². The summed E-state index contributed by atoms with van der Waals surface area (Å²) in [6.07, 6.45) is 4.38. The second-order valence-corrected chi connectivity index (χ2v) is 4.52. The zero-order chi connectivity index (χ0) is 12.1. The fourth-order valence-corrected chi connectivity index (χ4v) is 1.82. The molecule has 1 saturated carbocycles. The lowest BCUT2D eigenvalue weighted by Gasteiger charge is -2.25. The van der Waals surface area contributed by atoms with Gasteiger partial charge in [-0.05, 0) is 36.5 Å². The standard InChI is InChI=1S/C13H18N2O2/c14-13(15-16)8-10-4-6-12(7-5-10)17-9-11-2-1-3-11/h4-7,11,16H,1-3,8-9H2,(H2,14,15). The highest BCUT2D eigenvalue weighted by Crippen LogP contribution is 2.27. The van der Waals surface area contributed by atoms with E-state index in [2.05, 4.69) is 5.16 Å². The smallest absolute Gasteiger partial charge is 0.143 e. The molecule has 4 nitrogen and oxygen atoms in total. The first-order valence-electron chi connectivity index (χ1n) is 5.96. The molecule has 0 amide bonds. The first kappa shape index (κ1) is 11.8. The molecule has 0 unspecified atom stereocenters. The lowest BCUT2D eigenvalue weighted by molar-refractivity contribution is 0.180. The van der Waals surface area contributed by atoms with Crippen LogP contribution in [0.25, 0.3) is 0 Å². The minimum absolute atomic E-state index is 0.216. The van der Waals surface area contributed by atoms with E-state index in [1.54, 1.807) is 0 Å². The van der Waals surface area contributed by atoms with Gasteiger partial charge in [0.05, 0.1) is 6.61 Å². The third-order valence-electron chi connectivity index (χ3n) is 3.15. The highest BCUT2D eigenvalue weighted by atomic mass is 16.5. The molecule has 0 aliphatic heterocycles. The van der Waals surface area contributed by atoms with Crippen LogP contribution in [-0.4, -0.2) is 17.6 Å². The third-order valence-corrected chi connectivity index (χ3v) is 3.15. The van der Waals surface area contributed by atoms with Gasteiger partial charge in [0.25, 0.3) is 0 Å². The Labute approximate surface area is 101 Å². The van der Waals surface area contributed by atoms with Gasteiger partial charge in [-0.3, -0.25) is 0 Å². The SMILES string of the molecule is NC(Cc1ccc(OCC2CCC2)cc1)=NO. The molecule has 0 spiro atoms. The van der Waals surface area contributed by atoms with Crippen molar-refractivity contribution in [2.45, 2.75) is 25.7 Å². The van der Waals surface area contributed by atoms with Crippen LogP contribution in [-0.2, 0) is 6.42 Å². The van der Waals surface area contributed by atoms with Crippen molar-refractivity contribution in [1.82, 2.24) is 0 Å². The Bertz CT molecular complexity index is 383. The second-order valence-electron chi connectivity index (χ2n) is 4.52. The van der Waals surface area contributed by atoms with Crippen molar-refractivity contribution < 1.29 is 9.94 Å². The Hall–Kier alpha value is -1.71. The van der Waals surface area contributed by atoms with Crippen molar-refractivity contribution >= 4 is 5.84 Å². The first-order chi connectivity index (χ1) is 8.28. The first-order valence-corrected chi connectivity index (χ1v) is 5.96. The number of nitrogens with two attached hydrogens (primary N) is 1. The van der Waals surface area contributed by atoms with Gasteiger partial charge in [0, 0.05) is 6.42 Å². The highest BCUT2D eigenvalue weighted by Gasteiger charge is 2.17. The lowest BCUT2D eigenvalue weighted by Crippen LogP contribution is -2.19. The maximum Gasteiger partial charge on any atom is 0.143 e. The quantitative estimate of drug-likeness (QED) is 0.355. The van der Waals surface area contributed by atoms with E-state index in [4.69, 9.17) is 15.7 Å². The van der Waals surface area contributed by atoms with E-state index in [0.29, 0.717) is 6.42 Å². The minimum atomic E-state index is 0.216. The van der Waals surface area contributed by atoms with Crippen molar-refractivity contribution in [2.75, 3.05) is 6.61 Å². The van der Waals surface area contributed by atoms with Crippen molar-refractivity contribution in [1.29, 1.82) is 0 Å². The fourth-order valence-electron chi connectivity index (χ4n) is 1.82. The molecular weight excluding hydrogens is 216 g/mol. The Kier molecular flexibility index (Phi) is 3.85. The van der Waals surface area contributed by atoms with Gasteiger partial charge >= 0.3 is 0 Å². The van der Waals surface area contributed by atoms with Crippen LogP contribution in [0, 0.1) is 5.92 Å². The van der Waals surface area contributed by atoms with Crippen LogP contribution in [0.1, 0.15) is 24.8 Å². The Morgan fingerprint density at radius 2 is 2.06 bits per heavy atom. The lowest BCUT2D eigenvalue weighted by atomic mass is 9.86. The van der Waals surface area contributed by atoms with Gasteiger partial charge in [-0.2, -0.15) is 0 Å². The summed E-state index contributed by atoms with van der Waals surface area (Å²) < 4.78 is 5.69. The molecule has 0 aromatic heterocycles. The molecule has 2 rings (SSSR count). The molecule has 1 aliphatic carbocycles. The molecule has 0 heterocycles. The summed E-state index contributed by atoms with van der Waals surface area (Å²) in [7, 11) is 0. The normalized spacial score (nSPS) is 16.6. The summed E-state index contributed by atoms with van der Waals surface area (Å²) in [5, 5.41) is 11.4. The number of ether oxygens (including phenoxy) is 1. The van der Waals surface area contributed by atoms with E-state index in [0.717, 1.165) is 23.8 Å². The maximum absolute atomic E-state index is 8.47. The summed E-state index contributed by atoms with van der Waals surface area (Å²) in [5.74, 6) is 1.85. The van der Waals surface area contributed by atoms with Crippen molar-refractivity contribution in [3.05, 3.63) is 29.8 Å². The van der Waals surface area contributed by atoms with Gasteiger partial charge in [0.15, 0.2) is 0 Å². The molecule has 0 atom stereocenters. The molecule has 17 heavy (non-hydrogen) atoms. The summed E-state index contributed by atoms with van der Waals surface area (Å²) in [4.78, 5) is 0. The average Bonchev–Trinajstić information content (AvgIpc) is 2.29. The zero-order valence-corrected chi connectivity index (χ0v) is 9.80. The summed E-state index contributed by atoms with van der Waals surface area (Å²) >= 11 is 0. The summed E-state index contributed by atoms with van der Waals surface area (Å²) in [6.45, 7) is 0.819. The zero-order valence-electron chi connectivity index (χ0n) is 9.80. The van der Waals surface area contributed by atoms with Crippen LogP contribution in [0.2, 0.25) is 0 Å². The number of oxime groups is 1. The molecule has 0 bridgehead atoms. The van der Waals surface area contributed by atoms with Gasteiger partial charge in [-0.25, -0.2) is 0 Å². The number of benzene rings is 1. The number of hydrogen-bond donors (Lipinski definition) is 2. The van der Waals surface area contributed by atoms with E-state index in [1.165, 1.54) is 19.3 Å². The summed E-state index contributed by atoms with van der Waals surface area (Å²) in [5.41, 5.74) is 6.45. The van der Waals surface area contributed by atoms with E-state index in [1.807, 2.05) is 24.3 Å². The fraction of sp³-hybridized carbons (Fsp3) is 0.462. The Morgan fingerprint density at radius 1 is 1.35 bits per heavy atom. The van der Waals surface area contributed by atoms with Gasteiger partial charge in [0.1, 0.15) is 11.6 Å². The predicted molar refractivity (Wildman–Crippen MR) is 66.4 cm³/mol. The van der Waals surface area contributed by atoms with Gasteiger partial charge in [0.2, 0.25) is 0 Å². The van der Waals surface area contributed by atoms with E-state index >= 15 is 0 Å². The summed E-state index contributed by atoms with van der Waals surface area (Å²) in [6, 6.07) is 7.74. The topological polar surface area (TPSA) is 67.8 Å². The maximum atomic E-state index is 8.47. The number of nitrogens with zero attached hydrogens (tertiary/aromatic N) is 1. The molecule has 92 valence electrons. The van der Waals surface area contributed by atoms with Crippen LogP contribution in [0.5, 0.6) is 5.75 Å². The molecular formula is C13H18N2O2. The molecule has 0 saturated heterocycles. The van der Waals surface area contributed by atoms with Crippen LogP contribution in [0.3, 0.4) is 0 Å². The Morgan fingerprint density at radius 3 is 2.59 bits per heavy atom. The predicted octanol–water partition coefficient (Wildman–Crippen LogP) is 2.15. The average molecular weight is 234 g/mol. The second kappa shape index (κ2) is 5.57. The van der Waals surface area contributed by atoms with Gasteiger partial charge < -0.3 is 15.7 Å². The molecule has 1 aliphatic rings. The third kappa shape index (κ3) is 3.37. The monoisotopic (exact) mass is 234 g/mol. The molecule has 0 radical (unpaired) electrons. The minimum Gasteiger partial charge on any atom is -0.493 e. The molecule has 4 heteroatoms. The molecule has 1 fully saturated rings. The molecule has 1 aromatic carbocycles. The largest absolute Gasteiger partial charge is 0.493 e.